The van der Waals surface area contributed by atoms with Gasteiger partial charge in [0, 0.05) is 13.0 Å². The van der Waals surface area contributed by atoms with E-state index >= 15 is 0 Å². The Labute approximate surface area is 99.4 Å². The summed E-state index contributed by atoms with van der Waals surface area (Å²) in [5.74, 6) is -0.497. The molecule has 2 rings (SSSR count). The largest absolute Gasteiger partial charge is 0.468 e. The average Bonchev–Trinajstić information content (AvgIpc) is 2.50. The molecule has 1 aromatic rings. The van der Waals surface area contributed by atoms with Gasteiger partial charge in [0.15, 0.2) is 0 Å². The maximum Gasteiger partial charge on any atom is 0.325 e. The van der Waals surface area contributed by atoms with E-state index in [4.69, 9.17) is 0 Å². The SMILES string of the molecule is COC(=O)CN1C(=O)CCNc2ccccc21. The molecule has 0 unspecified atom stereocenters. The molecule has 0 atom stereocenters. The number of amides is 1. The maximum absolute atomic E-state index is 11.9. The van der Waals surface area contributed by atoms with E-state index in [9.17, 15) is 9.59 Å². The second-order valence-electron chi connectivity index (χ2n) is 3.75. The molecule has 0 aromatic heterocycles. The number of anilines is 2. The number of esters is 1. The first-order valence-corrected chi connectivity index (χ1v) is 5.42. The number of rotatable bonds is 2. The zero-order valence-electron chi connectivity index (χ0n) is 9.60. The monoisotopic (exact) mass is 234 g/mol. The van der Waals surface area contributed by atoms with Crippen LogP contribution >= 0.6 is 0 Å². The topological polar surface area (TPSA) is 58.6 Å². The van der Waals surface area contributed by atoms with Crippen molar-refractivity contribution in [1.29, 1.82) is 0 Å². The third kappa shape index (κ3) is 2.38. The number of nitrogens with zero attached hydrogens (tertiary/aromatic N) is 1. The van der Waals surface area contributed by atoms with Crippen LogP contribution in [0.25, 0.3) is 0 Å². The minimum absolute atomic E-state index is 0.0476. The van der Waals surface area contributed by atoms with Gasteiger partial charge in [0.25, 0.3) is 0 Å². The Bertz CT molecular complexity index is 445. The summed E-state index contributed by atoms with van der Waals surface area (Å²) in [6.45, 7) is 0.529. The third-order valence-corrected chi connectivity index (χ3v) is 2.67. The molecule has 0 radical (unpaired) electrons. The van der Waals surface area contributed by atoms with Crippen LogP contribution in [0.3, 0.4) is 0 Å². The molecule has 1 aromatic carbocycles. The Morgan fingerprint density at radius 2 is 2.24 bits per heavy atom. The fourth-order valence-corrected chi connectivity index (χ4v) is 1.80. The molecule has 5 nitrogen and oxygen atoms in total. The van der Waals surface area contributed by atoms with Gasteiger partial charge in [-0.15, -0.1) is 0 Å². The number of carbonyl (C=O) groups excluding carboxylic acids is 2. The van der Waals surface area contributed by atoms with Crippen molar-refractivity contribution in [3.63, 3.8) is 0 Å². The smallest absolute Gasteiger partial charge is 0.325 e. The fraction of sp³-hybridized carbons (Fsp3) is 0.333. The van der Waals surface area contributed by atoms with Crippen LogP contribution in [0.2, 0.25) is 0 Å². The highest BCUT2D eigenvalue weighted by atomic mass is 16.5. The first kappa shape index (κ1) is 11.4. The molecule has 90 valence electrons. The molecule has 0 aliphatic carbocycles. The zero-order valence-corrected chi connectivity index (χ0v) is 9.60. The van der Waals surface area contributed by atoms with Gasteiger partial charge < -0.3 is 10.1 Å². The van der Waals surface area contributed by atoms with E-state index in [2.05, 4.69) is 10.1 Å². The summed E-state index contributed by atoms with van der Waals surface area (Å²) >= 11 is 0. The normalized spacial score (nSPS) is 14.6. The molecule has 0 saturated carbocycles. The van der Waals surface area contributed by atoms with Crippen molar-refractivity contribution in [3.05, 3.63) is 24.3 Å². The number of para-hydroxylation sites is 2. The van der Waals surface area contributed by atoms with Crippen LogP contribution in [-0.4, -0.2) is 32.1 Å². The molecule has 5 heteroatoms. The Balaban J connectivity index is 2.33. The molecular weight excluding hydrogens is 220 g/mol. The minimum atomic E-state index is -0.421. The van der Waals surface area contributed by atoms with Crippen molar-refractivity contribution in [2.24, 2.45) is 0 Å². The first-order valence-electron chi connectivity index (χ1n) is 5.42. The number of carbonyl (C=O) groups is 2. The number of hydrogen-bond acceptors (Lipinski definition) is 4. The lowest BCUT2D eigenvalue weighted by atomic mass is 10.2. The van der Waals surface area contributed by atoms with Crippen LogP contribution in [0.5, 0.6) is 0 Å². The molecule has 0 bridgehead atoms. The summed E-state index contributed by atoms with van der Waals surface area (Å²) in [5.41, 5.74) is 1.59. The van der Waals surface area contributed by atoms with Crippen molar-refractivity contribution in [2.75, 3.05) is 30.4 Å². The van der Waals surface area contributed by atoms with Gasteiger partial charge >= 0.3 is 5.97 Å². The highest BCUT2D eigenvalue weighted by Gasteiger charge is 2.23. The molecular formula is C12H14N2O3. The summed E-state index contributed by atoms with van der Waals surface area (Å²) in [7, 11) is 1.31. The van der Waals surface area contributed by atoms with Crippen molar-refractivity contribution < 1.29 is 14.3 Å². The van der Waals surface area contributed by atoms with Gasteiger partial charge in [0.05, 0.1) is 18.5 Å². The van der Waals surface area contributed by atoms with Gasteiger partial charge in [0.1, 0.15) is 6.54 Å². The van der Waals surface area contributed by atoms with E-state index in [-0.39, 0.29) is 12.5 Å². The number of fused-ring (bicyclic) bond motifs is 1. The molecule has 0 spiro atoms. The number of hydrogen-bond donors (Lipinski definition) is 1. The number of methoxy groups -OCH3 is 1. The standard InChI is InChI=1S/C12H14N2O3/c1-17-12(16)8-14-10-5-3-2-4-9(10)13-7-6-11(14)15/h2-5,13H,6-8H2,1H3. The molecule has 1 aliphatic heterocycles. The summed E-state index contributed by atoms with van der Waals surface area (Å²) < 4.78 is 4.60. The second-order valence-corrected chi connectivity index (χ2v) is 3.75. The van der Waals surface area contributed by atoms with E-state index in [1.165, 1.54) is 12.0 Å². The predicted molar refractivity (Wildman–Crippen MR) is 63.9 cm³/mol. The summed E-state index contributed by atoms with van der Waals surface area (Å²) in [5, 5.41) is 3.16. The molecule has 17 heavy (non-hydrogen) atoms. The van der Waals surface area contributed by atoms with Crippen LogP contribution in [0.15, 0.2) is 24.3 Å². The van der Waals surface area contributed by atoms with E-state index < -0.39 is 5.97 Å². The molecule has 0 saturated heterocycles. The number of nitrogens with one attached hydrogen (secondary N) is 1. The van der Waals surface area contributed by atoms with E-state index in [1.807, 2.05) is 24.3 Å². The van der Waals surface area contributed by atoms with Gasteiger partial charge in [-0.25, -0.2) is 0 Å². The first-order chi connectivity index (χ1) is 8.22. The minimum Gasteiger partial charge on any atom is -0.468 e. The molecule has 1 heterocycles. The van der Waals surface area contributed by atoms with Crippen molar-refractivity contribution >= 4 is 23.3 Å². The van der Waals surface area contributed by atoms with Crippen LogP contribution in [0.1, 0.15) is 6.42 Å². The lowest BCUT2D eigenvalue weighted by Crippen LogP contribution is -2.35. The maximum atomic E-state index is 11.9. The Morgan fingerprint density at radius 3 is 3.00 bits per heavy atom. The zero-order chi connectivity index (χ0) is 12.3. The van der Waals surface area contributed by atoms with E-state index in [0.717, 1.165) is 11.4 Å². The highest BCUT2D eigenvalue weighted by molar-refractivity contribution is 6.01. The fourth-order valence-electron chi connectivity index (χ4n) is 1.80. The number of benzene rings is 1. The Kier molecular flexibility index (Phi) is 3.27. The summed E-state index contributed by atoms with van der Waals surface area (Å²) in [4.78, 5) is 24.7. The molecule has 1 N–H and O–H groups in total. The van der Waals surface area contributed by atoms with Crippen LogP contribution in [-0.2, 0) is 14.3 Å². The summed E-state index contributed by atoms with van der Waals surface area (Å²) in [6.07, 6.45) is 0.367. The van der Waals surface area contributed by atoms with Crippen molar-refractivity contribution in [1.82, 2.24) is 0 Å². The number of ether oxygens (including phenoxy) is 1. The lowest BCUT2D eigenvalue weighted by Gasteiger charge is -2.20. The van der Waals surface area contributed by atoms with Crippen LogP contribution < -0.4 is 10.2 Å². The van der Waals surface area contributed by atoms with Gasteiger partial charge in [-0.2, -0.15) is 0 Å². The van der Waals surface area contributed by atoms with E-state index in [1.54, 1.807) is 0 Å². The quantitative estimate of drug-likeness (QED) is 0.776. The molecule has 1 amide bonds. The van der Waals surface area contributed by atoms with Gasteiger partial charge in [0.2, 0.25) is 5.91 Å². The van der Waals surface area contributed by atoms with Crippen molar-refractivity contribution in [3.8, 4) is 0 Å². The lowest BCUT2D eigenvalue weighted by molar-refractivity contribution is -0.140. The molecule has 1 aliphatic rings. The van der Waals surface area contributed by atoms with Crippen LogP contribution in [0.4, 0.5) is 11.4 Å². The van der Waals surface area contributed by atoms with Gasteiger partial charge in [-0.05, 0) is 12.1 Å². The van der Waals surface area contributed by atoms with Crippen LogP contribution in [0, 0.1) is 0 Å². The van der Waals surface area contributed by atoms with Gasteiger partial charge in [-0.1, -0.05) is 12.1 Å². The Hall–Kier alpha value is -2.04. The summed E-state index contributed by atoms with van der Waals surface area (Å²) in [6, 6.07) is 7.42. The predicted octanol–water partition coefficient (Wildman–Crippen LogP) is 1.01. The van der Waals surface area contributed by atoms with Crippen molar-refractivity contribution in [2.45, 2.75) is 6.42 Å². The Morgan fingerprint density at radius 1 is 1.47 bits per heavy atom. The van der Waals surface area contributed by atoms with E-state index in [0.29, 0.717) is 13.0 Å². The average molecular weight is 234 g/mol. The second kappa shape index (κ2) is 4.86. The molecule has 0 fully saturated rings. The van der Waals surface area contributed by atoms with Gasteiger partial charge in [-0.3, -0.25) is 14.5 Å². The highest BCUT2D eigenvalue weighted by Crippen LogP contribution is 2.28. The third-order valence-electron chi connectivity index (χ3n) is 2.67.